The molecular weight excluding hydrogens is 576 g/mol. The van der Waals surface area contributed by atoms with Gasteiger partial charge in [-0.05, 0) is 69.9 Å². The van der Waals surface area contributed by atoms with Gasteiger partial charge in [-0.1, -0.05) is 56.4 Å². The molecule has 6 amide bonds. The van der Waals surface area contributed by atoms with Crippen LogP contribution in [0, 0.1) is 5.92 Å². The molecule has 2 saturated heterocycles. The summed E-state index contributed by atoms with van der Waals surface area (Å²) in [5.41, 5.74) is 6.25. The number of hydrogen-bond acceptors (Lipinski definition) is 6. The number of carbonyl (C=O) groups excluding carboxylic acids is 5. The van der Waals surface area contributed by atoms with E-state index in [1.807, 2.05) is 18.2 Å². The first kappa shape index (κ1) is 32.6. The summed E-state index contributed by atoms with van der Waals surface area (Å²) in [6.07, 6.45) is 6.30. The molecule has 5 rings (SSSR count). The van der Waals surface area contributed by atoms with E-state index >= 15 is 0 Å². The van der Waals surface area contributed by atoms with Crippen LogP contribution in [0.2, 0.25) is 0 Å². The normalized spacial score (nSPS) is 29.1. The van der Waals surface area contributed by atoms with Crippen LogP contribution >= 0.6 is 0 Å². The van der Waals surface area contributed by atoms with Gasteiger partial charge in [0.15, 0.2) is 0 Å². The van der Waals surface area contributed by atoms with Crippen LogP contribution in [0.15, 0.2) is 24.3 Å². The van der Waals surface area contributed by atoms with Crippen molar-refractivity contribution in [1.29, 1.82) is 0 Å². The molecule has 246 valence electrons. The van der Waals surface area contributed by atoms with Crippen molar-refractivity contribution in [3.8, 4) is 0 Å². The molecule has 12 nitrogen and oxygen atoms in total. The van der Waals surface area contributed by atoms with E-state index in [-0.39, 0.29) is 24.9 Å². The van der Waals surface area contributed by atoms with Gasteiger partial charge in [0.05, 0.1) is 6.04 Å². The van der Waals surface area contributed by atoms with Gasteiger partial charge < -0.3 is 36.2 Å². The van der Waals surface area contributed by atoms with E-state index in [0.717, 1.165) is 44.1 Å². The molecular formula is C33H48N6O6. The Labute approximate surface area is 265 Å². The lowest BCUT2D eigenvalue weighted by Crippen LogP contribution is -2.57. The monoisotopic (exact) mass is 624 g/mol. The molecule has 5 N–H and O–H groups in total. The van der Waals surface area contributed by atoms with Gasteiger partial charge in [-0.25, -0.2) is 9.59 Å². The Morgan fingerprint density at radius 3 is 2.40 bits per heavy atom. The molecule has 3 heterocycles. The van der Waals surface area contributed by atoms with Gasteiger partial charge in [-0.3, -0.25) is 14.4 Å². The lowest BCUT2D eigenvalue weighted by molar-refractivity contribution is -0.141. The third kappa shape index (κ3) is 7.70. The zero-order chi connectivity index (χ0) is 32.4. The van der Waals surface area contributed by atoms with E-state index in [2.05, 4.69) is 22.0 Å². The smallest absolute Gasteiger partial charge is 0.408 e. The molecule has 0 unspecified atom stereocenters. The lowest BCUT2D eigenvalue weighted by atomic mass is 10.0. The molecule has 1 aliphatic carbocycles. The number of carbonyl (C=O) groups is 5. The summed E-state index contributed by atoms with van der Waals surface area (Å²) in [6.45, 7) is 6.38. The maximum Gasteiger partial charge on any atom is 0.408 e. The highest BCUT2D eigenvalue weighted by Gasteiger charge is 2.60. The van der Waals surface area contributed by atoms with Gasteiger partial charge in [-0.15, -0.1) is 0 Å². The quantitative estimate of drug-likeness (QED) is 0.404. The fourth-order valence-electron chi connectivity index (χ4n) is 7.04. The number of ether oxygens (including phenoxy) is 1. The fourth-order valence-corrected chi connectivity index (χ4v) is 7.04. The maximum absolute atomic E-state index is 14.1. The molecule has 45 heavy (non-hydrogen) atoms. The van der Waals surface area contributed by atoms with Crippen LogP contribution in [-0.4, -0.2) is 82.0 Å². The predicted molar refractivity (Wildman–Crippen MR) is 167 cm³/mol. The molecule has 1 aromatic carbocycles. The molecule has 0 bridgehead atoms. The molecule has 1 saturated carbocycles. The number of hydrogen-bond donors (Lipinski definition) is 4. The van der Waals surface area contributed by atoms with Gasteiger partial charge in [-0.2, -0.15) is 0 Å². The number of primary amides is 1. The SMILES string of the molecule is CC(C)(C)OC(=O)N[C@H]1CCCCCCC[C@@H]2C[C@@]2(C(N)=O)NC(=O)[C@@H]2C[C@@H](NC(=O)N3CCc4ccccc4C3)CN2C1=O. The molecule has 0 aromatic heterocycles. The number of urea groups is 1. The van der Waals surface area contributed by atoms with Crippen molar-refractivity contribution in [3.05, 3.63) is 35.4 Å². The molecule has 0 radical (unpaired) electrons. The van der Waals surface area contributed by atoms with E-state index in [1.54, 1.807) is 25.7 Å². The molecule has 3 fully saturated rings. The first-order chi connectivity index (χ1) is 21.4. The third-order valence-corrected chi connectivity index (χ3v) is 9.56. The van der Waals surface area contributed by atoms with Crippen molar-refractivity contribution in [3.63, 3.8) is 0 Å². The number of fused-ring (bicyclic) bond motifs is 3. The van der Waals surface area contributed by atoms with Crippen LogP contribution in [-0.2, 0) is 32.1 Å². The highest BCUT2D eigenvalue weighted by molar-refractivity contribution is 5.97. The standard InChI is InChI=1S/C33H48N6O6/c1-32(2,3)45-31(44)36-25-14-8-6-4-5-7-13-23-18-33(23,29(34)42)37-27(40)26-17-24(20-39(26)28(25)41)35-30(43)38-16-15-21-11-9-10-12-22(21)19-38/h9-12,23-26H,4-8,13-20H2,1-3H3,(H2,34,42)(H,35,43)(H,36,44)(H,37,40)/t23-,24-,25+,26+,33-/m1/s1. The second-order valence-corrected chi connectivity index (χ2v) is 14.1. The van der Waals surface area contributed by atoms with Crippen molar-refractivity contribution in [2.75, 3.05) is 13.1 Å². The van der Waals surface area contributed by atoms with Gasteiger partial charge in [0.25, 0.3) is 0 Å². The number of alkyl carbamates (subject to hydrolysis) is 1. The van der Waals surface area contributed by atoms with Crippen LogP contribution in [0.4, 0.5) is 9.59 Å². The number of nitrogens with two attached hydrogens (primary N) is 1. The molecule has 4 aliphatic rings. The summed E-state index contributed by atoms with van der Waals surface area (Å²) in [6, 6.07) is 5.41. The predicted octanol–water partition coefficient (Wildman–Crippen LogP) is 2.72. The van der Waals surface area contributed by atoms with Gasteiger partial charge in [0.1, 0.15) is 23.2 Å². The lowest BCUT2D eigenvalue weighted by Gasteiger charge is -2.31. The minimum absolute atomic E-state index is 0.0336. The molecule has 1 aromatic rings. The summed E-state index contributed by atoms with van der Waals surface area (Å²) in [4.78, 5) is 70.0. The Balaban J connectivity index is 1.36. The molecule has 0 spiro atoms. The average Bonchev–Trinajstić information content (AvgIpc) is 3.51. The first-order valence-corrected chi connectivity index (χ1v) is 16.4. The third-order valence-electron chi connectivity index (χ3n) is 9.56. The summed E-state index contributed by atoms with van der Waals surface area (Å²) in [7, 11) is 0. The number of rotatable bonds is 3. The molecule has 5 atom stereocenters. The minimum Gasteiger partial charge on any atom is -0.444 e. The molecule has 12 heteroatoms. The largest absolute Gasteiger partial charge is 0.444 e. The highest BCUT2D eigenvalue weighted by atomic mass is 16.6. The van der Waals surface area contributed by atoms with Gasteiger partial charge >= 0.3 is 12.1 Å². The van der Waals surface area contributed by atoms with Crippen LogP contribution in [0.3, 0.4) is 0 Å². The Hall–Kier alpha value is -3.83. The van der Waals surface area contributed by atoms with Crippen LogP contribution in [0.5, 0.6) is 0 Å². The van der Waals surface area contributed by atoms with E-state index in [4.69, 9.17) is 10.5 Å². The molecule has 3 aliphatic heterocycles. The van der Waals surface area contributed by atoms with Crippen molar-refractivity contribution in [1.82, 2.24) is 25.8 Å². The Kier molecular flexibility index (Phi) is 9.60. The summed E-state index contributed by atoms with van der Waals surface area (Å²) < 4.78 is 5.46. The second-order valence-electron chi connectivity index (χ2n) is 14.1. The topological polar surface area (TPSA) is 163 Å². The number of nitrogens with zero attached hydrogens (tertiary/aromatic N) is 2. The van der Waals surface area contributed by atoms with E-state index < -0.39 is 53.1 Å². The van der Waals surface area contributed by atoms with Crippen LogP contribution in [0.1, 0.15) is 89.7 Å². The highest BCUT2D eigenvalue weighted by Crippen LogP contribution is 2.47. The Morgan fingerprint density at radius 2 is 1.69 bits per heavy atom. The second kappa shape index (κ2) is 13.3. The van der Waals surface area contributed by atoms with E-state index in [1.165, 1.54) is 10.5 Å². The van der Waals surface area contributed by atoms with E-state index in [0.29, 0.717) is 32.4 Å². The zero-order valence-electron chi connectivity index (χ0n) is 26.7. The number of benzene rings is 1. The van der Waals surface area contributed by atoms with Gasteiger partial charge in [0.2, 0.25) is 17.7 Å². The summed E-state index contributed by atoms with van der Waals surface area (Å²) in [5, 5.41) is 8.72. The van der Waals surface area contributed by atoms with Crippen molar-refractivity contribution in [2.24, 2.45) is 11.7 Å². The fraction of sp³-hybridized carbons (Fsp3) is 0.667. The maximum atomic E-state index is 14.1. The summed E-state index contributed by atoms with van der Waals surface area (Å²) in [5.74, 6) is -1.49. The zero-order valence-corrected chi connectivity index (χ0v) is 26.7. The minimum atomic E-state index is -1.12. The number of amides is 6. The first-order valence-electron chi connectivity index (χ1n) is 16.4. The Morgan fingerprint density at radius 1 is 1.00 bits per heavy atom. The van der Waals surface area contributed by atoms with Gasteiger partial charge in [0, 0.05) is 19.6 Å². The van der Waals surface area contributed by atoms with E-state index in [9.17, 15) is 24.0 Å². The number of nitrogens with one attached hydrogen (secondary N) is 3. The van der Waals surface area contributed by atoms with Crippen LogP contribution in [0.25, 0.3) is 0 Å². The summed E-state index contributed by atoms with van der Waals surface area (Å²) >= 11 is 0. The van der Waals surface area contributed by atoms with Crippen molar-refractivity contribution in [2.45, 2.75) is 121 Å². The Bertz CT molecular complexity index is 1310. The van der Waals surface area contributed by atoms with Crippen molar-refractivity contribution >= 4 is 29.8 Å². The average molecular weight is 625 g/mol. The van der Waals surface area contributed by atoms with Crippen molar-refractivity contribution < 1.29 is 28.7 Å². The van der Waals surface area contributed by atoms with Crippen LogP contribution < -0.4 is 21.7 Å².